The van der Waals surface area contributed by atoms with Crippen molar-refractivity contribution in [1.29, 1.82) is 0 Å². The van der Waals surface area contributed by atoms with Crippen LogP contribution in [0.5, 0.6) is 0 Å². The maximum atomic E-state index is 12.0. The summed E-state index contributed by atoms with van der Waals surface area (Å²) in [6.45, 7) is 2.55. The zero-order chi connectivity index (χ0) is 14.7. The van der Waals surface area contributed by atoms with E-state index in [-0.39, 0.29) is 11.8 Å². The minimum Gasteiger partial charge on any atom is -0.352 e. The van der Waals surface area contributed by atoms with E-state index < -0.39 is 0 Å². The Morgan fingerprint density at radius 2 is 2.29 bits per heavy atom. The quantitative estimate of drug-likeness (QED) is 0.887. The SMILES string of the molecule is CN1CCN=C1NCc1cccc(NC(=O)C2CCC2)c1. The predicted octanol–water partition coefficient (Wildman–Crippen LogP) is 1.82. The average molecular weight is 286 g/mol. The molecule has 5 heteroatoms. The lowest BCUT2D eigenvalue weighted by atomic mass is 9.85. The van der Waals surface area contributed by atoms with E-state index >= 15 is 0 Å². The number of likely N-dealkylation sites (N-methyl/N-ethyl adjacent to an activating group) is 1. The van der Waals surface area contributed by atoms with E-state index in [2.05, 4.69) is 26.6 Å². The van der Waals surface area contributed by atoms with Crippen LogP contribution in [-0.2, 0) is 11.3 Å². The fraction of sp³-hybridized carbons (Fsp3) is 0.500. The van der Waals surface area contributed by atoms with Crippen LogP contribution < -0.4 is 10.6 Å². The predicted molar refractivity (Wildman–Crippen MR) is 84.2 cm³/mol. The molecule has 1 fully saturated rings. The first-order valence-corrected chi connectivity index (χ1v) is 7.61. The fourth-order valence-corrected chi connectivity index (χ4v) is 2.58. The second kappa shape index (κ2) is 6.16. The summed E-state index contributed by atoms with van der Waals surface area (Å²) in [6, 6.07) is 8.01. The van der Waals surface area contributed by atoms with E-state index in [1.165, 1.54) is 6.42 Å². The van der Waals surface area contributed by atoms with Gasteiger partial charge in [-0.25, -0.2) is 0 Å². The Morgan fingerprint density at radius 1 is 1.43 bits per heavy atom. The number of nitrogens with zero attached hydrogens (tertiary/aromatic N) is 2. The minimum absolute atomic E-state index is 0.159. The van der Waals surface area contributed by atoms with Gasteiger partial charge in [-0.15, -0.1) is 0 Å². The van der Waals surface area contributed by atoms with Gasteiger partial charge in [-0.1, -0.05) is 18.6 Å². The Hall–Kier alpha value is -2.04. The Kier molecular flexibility index (Phi) is 4.08. The molecular weight excluding hydrogens is 264 g/mol. The molecule has 0 atom stereocenters. The average Bonchev–Trinajstić information content (AvgIpc) is 2.80. The van der Waals surface area contributed by atoms with Gasteiger partial charge in [0.2, 0.25) is 5.91 Å². The summed E-state index contributed by atoms with van der Waals surface area (Å²) in [5.74, 6) is 1.32. The molecule has 1 aliphatic heterocycles. The molecule has 0 radical (unpaired) electrons. The van der Waals surface area contributed by atoms with Crippen LogP contribution in [0.4, 0.5) is 5.69 Å². The number of aliphatic imine (C=N–C) groups is 1. The van der Waals surface area contributed by atoms with Gasteiger partial charge in [0.05, 0.1) is 6.54 Å². The van der Waals surface area contributed by atoms with Crippen molar-refractivity contribution < 1.29 is 4.79 Å². The number of amides is 1. The van der Waals surface area contributed by atoms with Crippen LogP contribution in [0.1, 0.15) is 24.8 Å². The van der Waals surface area contributed by atoms with Crippen molar-refractivity contribution in [2.24, 2.45) is 10.9 Å². The standard InChI is InChI=1S/C16H22N4O/c1-20-9-8-17-16(20)18-11-12-4-2-7-14(10-12)19-15(21)13-5-3-6-13/h2,4,7,10,13H,3,5-6,8-9,11H2,1H3,(H,17,18)(H,19,21). The molecule has 0 spiro atoms. The molecule has 1 heterocycles. The van der Waals surface area contributed by atoms with Gasteiger partial charge in [0.1, 0.15) is 0 Å². The monoisotopic (exact) mass is 286 g/mol. The van der Waals surface area contributed by atoms with Crippen molar-refractivity contribution in [2.75, 3.05) is 25.5 Å². The maximum absolute atomic E-state index is 12.0. The molecule has 2 N–H and O–H groups in total. The van der Waals surface area contributed by atoms with E-state index in [1.54, 1.807) is 0 Å². The lowest BCUT2D eigenvalue weighted by Gasteiger charge is -2.24. The molecule has 3 rings (SSSR count). The highest BCUT2D eigenvalue weighted by atomic mass is 16.1. The minimum atomic E-state index is 0.159. The number of benzene rings is 1. The third-order valence-corrected chi connectivity index (χ3v) is 4.18. The third kappa shape index (κ3) is 3.35. The molecule has 1 aromatic rings. The van der Waals surface area contributed by atoms with Crippen molar-refractivity contribution in [3.63, 3.8) is 0 Å². The van der Waals surface area contributed by atoms with Gasteiger partial charge in [-0.2, -0.15) is 0 Å². The number of rotatable bonds is 4. The number of hydrogen-bond acceptors (Lipinski definition) is 4. The first-order valence-electron chi connectivity index (χ1n) is 7.61. The number of carbonyl (C=O) groups excluding carboxylic acids is 1. The van der Waals surface area contributed by atoms with Crippen molar-refractivity contribution in [2.45, 2.75) is 25.8 Å². The van der Waals surface area contributed by atoms with E-state index in [0.717, 1.165) is 49.7 Å². The van der Waals surface area contributed by atoms with Gasteiger partial charge in [0, 0.05) is 31.7 Å². The van der Waals surface area contributed by atoms with Crippen LogP contribution in [0.2, 0.25) is 0 Å². The Bertz CT molecular complexity index is 551. The molecule has 1 amide bonds. The number of carbonyl (C=O) groups is 1. The van der Waals surface area contributed by atoms with E-state index in [9.17, 15) is 4.79 Å². The summed E-state index contributed by atoms with van der Waals surface area (Å²) >= 11 is 0. The third-order valence-electron chi connectivity index (χ3n) is 4.18. The fourth-order valence-electron chi connectivity index (χ4n) is 2.58. The molecule has 1 aliphatic carbocycles. The highest BCUT2D eigenvalue weighted by molar-refractivity contribution is 5.93. The highest BCUT2D eigenvalue weighted by Crippen LogP contribution is 2.27. The summed E-state index contributed by atoms with van der Waals surface area (Å²) < 4.78 is 0. The summed E-state index contributed by atoms with van der Waals surface area (Å²) in [4.78, 5) is 18.5. The van der Waals surface area contributed by atoms with Crippen molar-refractivity contribution in [3.8, 4) is 0 Å². The molecule has 1 saturated carbocycles. The molecule has 0 saturated heterocycles. The number of nitrogens with one attached hydrogen (secondary N) is 2. The van der Waals surface area contributed by atoms with Crippen molar-refractivity contribution in [1.82, 2.24) is 10.2 Å². The van der Waals surface area contributed by atoms with Gasteiger partial charge in [-0.3, -0.25) is 9.79 Å². The Labute approximate surface area is 125 Å². The molecule has 1 aromatic carbocycles. The van der Waals surface area contributed by atoms with Crippen LogP contribution in [0, 0.1) is 5.92 Å². The van der Waals surface area contributed by atoms with E-state index in [0.29, 0.717) is 0 Å². The molecule has 112 valence electrons. The molecule has 0 aromatic heterocycles. The summed E-state index contributed by atoms with van der Waals surface area (Å²) in [6.07, 6.45) is 3.23. The van der Waals surface area contributed by atoms with Gasteiger partial charge in [0.15, 0.2) is 5.96 Å². The Morgan fingerprint density at radius 3 is 2.95 bits per heavy atom. The first kappa shape index (κ1) is 13.9. The molecule has 0 bridgehead atoms. The molecule has 2 aliphatic rings. The smallest absolute Gasteiger partial charge is 0.227 e. The summed E-state index contributed by atoms with van der Waals surface area (Å²) in [7, 11) is 2.04. The van der Waals surface area contributed by atoms with Crippen LogP contribution in [0.25, 0.3) is 0 Å². The van der Waals surface area contributed by atoms with Crippen LogP contribution in [0.15, 0.2) is 29.3 Å². The van der Waals surface area contributed by atoms with Crippen molar-refractivity contribution >= 4 is 17.6 Å². The largest absolute Gasteiger partial charge is 0.352 e. The maximum Gasteiger partial charge on any atom is 0.227 e. The summed E-state index contributed by atoms with van der Waals surface area (Å²) in [5, 5.41) is 6.35. The first-order chi connectivity index (χ1) is 10.2. The van der Waals surface area contributed by atoms with Gasteiger partial charge < -0.3 is 15.5 Å². The number of anilines is 1. The normalized spacial score (nSPS) is 18.1. The molecule has 21 heavy (non-hydrogen) atoms. The van der Waals surface area contributed by atoms with Gasteiger partial charge in [-0.05, 0) is 30.5 Å². The zero-order valence-electron chi connectivity index (χ0n) is 12.4. The van der Waals surface area contributed by atoms with Gasteiger partial charge in [0.25, 0.3) is 0 Å². The summed E-state index contributed by atoms with van der Waals surface area (Å²) in [5.41, 5.74) is 2.03. The number of hydrogen-bond donors (Lipinski definition) is 2. The number of guanidine groups is 1. The van der Waals surface area contributed by atoms with Crippen LogP contribution in [0.3, 0.4) is 0 Å². The van der Waals surface area contributed by atoms with E-state index in [4.69, 9.17) is 0 Å². The van der Waals surface area contributed by atoms with E-state index in [1.807, 2.05) is 25.2 Å². The molecule has 0 unspecified atom stereocenters. The highest BCUT2D eigenvalue weighted by Gasteiger charge is 2.25. The second-order valence-electron chi connectivity index (χ2n) is 5.80. The zero-order valence-corrected chi connectivity index (χ0v) is 12.4. The Balaban J connectivity index is 1.56. The van der Waals surface area contributed by atoms with Crippen molar-refractivity contribution in [3.05, 3.63) is 29.8 Å². The van der Waals surface area contributed by atoms with Gasteiger partial charge >= 0.3 is 0 Å². The second-order valence-corrected chi connectivity index (χ2v) is 5.80. The lowest BCUT2D eigenvalue weighted by molar-refractivity contribution is -0.122. The van der Waals surface area contributed by atoms with Crippen LogP contribution >= 0.6 is 0 Å². The van der Waals surface area contributed by atoms with Crippen LogP contribution in [-0.4, -0.2) is 36.9 Å². The molecular formula is C16H22N4O. The molecule has 5 nitrogen and oxygen atoms in total. The topological polar surface area (TPSA) is 56.7 Å². The lowest BCUT2D eigenvalue weighted by Crippen LogP contribution is -2.35.